The Bertz CT molecular complexity index is 421. The Kier molecular flexibility index (Phi) is 7.06. The Morgan fingerprint density at radius 3 is 2.76 bits per heavy atom. The van der Waals surface area contributed by atoms with Crippen molar-refractivity contribution < 1.29 is 28.6 Å². The molecule has 0 spiro atoms. The average Bonchev–Trinajstić information content (AvgIpc) is 2.50. The minimum atomic E-state index is -0.784. The summed E-state index contributed by atoms with van der Waals surface area (Å²) in [6.45, 7) is 4.13. The molecule has 0 saturated heterocycles. The highest BCUT2D eigenvalue weighted by molar-refractivity contribution is 5.90. The lowest BCUT2D eigenvalue weighted by atomic mass is 10.3. The number of ether oxygens (including phenoxy) is 3. The van der Waals surface area contributed by atoms with E-state index in [0.29, 0.717) is 13.2 Å². The Labute approximate surface area is 122 Å². The molecule has 0 aliphatic carbocycles. The maximum absolute atomic E-state index is 11.6. The lowest BCUT2D eigenvalue weighted by Crippen LogP contribution is -2.46. The molecule has 0 radical (unpaired) electrons. The fourth-order valence-corrected chi connectivity index (χ4v) is 1.43. The van der Waals surface area contributed by atoms with E-state index in [9.17, 15) is 14.4 Å². The summed E-state index contributed by atoms with van der Waals surface area (Å²) < 4.78 is 14.7. The molecular formula is C13H20N2O6. The van der Waals surface area contributed by atoms with Crippen LogP contribution in [-0.2, 0) is 28.6 Å². The smallest absolute Gasteiger partial charge is 0.377 e. The molecule has 1 heterocycles. The molecule has 21 heavy (non-hydrogen) atoms. The predicted octanol–water partition coefficient (Wildman–Crippen LogP) is -0.551. The van der Waals surface area contributed by atoms with Gasteiger partial charge in [0, 0.05) is 6.54 Å². The van der Waals surface area contributed by atoms with Gasteiger partial charge in [-0.25, -0.2) is 4.79 Å². The molecule has 0 aromatic heterocycles. The van der Waals surface area contributed by atoms with Crippen molar-refractivity contribution in [3.8, 4) is 0 Å². The fraction of sp³-hybridized carbons (Fsp3) is 0.615. The molecule has 1 aliphatic heterocycles. The normalized spacial score (nSPS) is 14.9. The van der Waals surface area contributed by atoms with Crippen LogP contribution in [0.1, 0.15) is 20.3 Å². The van der Waals surface area contributed by atoms with Crippen molar-refractivity contribution in [2.24, 2.45) is 0 Å². The molecule has 1 atom stereocenters. The molecule has 0 bridgehead atoms. The summed E-state index contributed by atoms with van der Waals surface area (Å²) in [5.41, 5.74) is 0. The average molecular weight is 300 g/mol. The van der Waals surface area contributed by atoms with Crippen LogP contribution >= 0.6 is 0 Å². The molecule has 0 saturated carbocycles. The largest absolute Gasteiger partial charge is 0.493 e. The Hall–Kier alpha value is -2.25. The lowest BCUT2D eigenvalue weighted by molar-refractivity contribution is -0.149. The van der Waals surface area contributed by atoms with Crippen molar-refractivity contribution >= 4 is 17.8 Å². The molecule has 0 aromatic carbocycles. The van der Waals surface area contributed by atoms with Crippen LogP contribution in [0, 0.1) is 0 Å². The zero-order valence-electron chi connectivity index (χ0n) is 12.1. The van der Waals surface area contributed by atoms with Crippen molar-refractivity contribution in [1.82, 2.24) is 10.6 Å². The first-order valence-corrected chi connectivity index (χ1v) is 6.73. The van der Waals surface area contributed by atoms with E-state index in [-0.39, 0.29) is 18.3 Å². The first-order valence-electron chi connectivity index (χ1n) is 6.73. The number of nitrogens with one attached hydrogen (secondary N) is 2. The first-order chi connectivity index (χ1) is 10.0. The molecule has 0 aromatic rings. The summed E-state index contributed by atoms with van der Waals surface area (Å²) in [5, 5.41) is 5.07. The Morgan fingerprint density at radius 1 is 1.38 bits per heavy atom. The summed E-state index contributed by atoms with van der Waals surface area (Å²) in [5.74, 6) is -1.72. The highest BCUT2D eigenvalue weighted by atomic mass is 16.6. The van der Waals surface area contributed by atoms with E-state index >= 15 is 0 Å². The van der Waals surface area contributed by atoms with E-state index in [1.54, 1.807) is 6.92 Å². The van der Waals surface area contributed by atoms with Gasteiger partial charge in [0.25, 0.3) is 5.91 Å². The molecule has 1 rings (SSSR count). The van der Waals surface area contributed by atoms with Crippen molar-refractivity contribution in [3.63, 3.8) is 0 Å². The quantitative estimate of drug-likeness (QED) is 0.611. The van der Waals surface area contributed by atoms with Gasteiger partial charge in [0.15, 0.2) is 6.61 Å². The van der Waals surface area contributed by atoms with Gasteiger partial charge in [0.1, 0.15) is 25.5 Å². The Morgan fingerprint density at radius 2 is 2.14 bits per heavy atom. The van der Waals surface area contributed by atoms with E-state index in [0.717, 1.165) is 12.7 Å². The zero-order valence-corrected chi connectivity index (χ0v) is 12.1. The molecule has 8 heteroatoms. The molecule has 8 nitrogen and oxygen atoms in total. The molecule has 118 valence electrons. The second-order valence-corrected chi connectivity index (χ2v) is 4.36. The maximum atomic E-state index is 11.6. The van der Waals surface area contributed by atoms with Gasteiger partial charge in [-0.1, -0.05) is 6.92 Å². The monoisotopic (exact) mass is 300 g/mol. The van der Waals surface area contributed by atoms with Crippen LogP contribution < -0.4 is 10.6 Å². The van der Waals surface area contributed by atoms with Crippen LogP contribution in [0.4, 0.5) is 0 Å². The summed E-state index contributed by atoms with van der Waals surface area (Å²) in [7, 11) is 0. The second-order valence-electron chi connectivity index (χ2n) is 4.36. The predicted molar refractivity (Wildman–Crippen MR) is 71.9 cm³/mol. The number of hydrogen-bond donors (Lipinski definition) is 2. The number of hydrogen-bond acceptors (Lipinski definition) is 6. The van der Waals surface area contributed by atoms with Crippen molar-refractivity contribution in [3.05, 3.63) is 12.0 Å². The van der Waals surface area contributed by atoms with E-state index in [4.69, 9.17) is 14.2 Å². The van der Waals surface area contributed by atoms with Crippen molar-refractivity contribution in [2.45, 2.75) is 26.3 Å². The van der Waals surface area contributed by atoms with Gasteiger partial charge in [0.2, 0.25) is 11.7 Å². The second kappa shape index (κ2) is 8.83. The van der Waals surface area contributed by atoms with Gasteiger partial charge in [-0.3, -0.25) is 9.59 Å². The van der Waals surface area contributed by atoms with Gasteiger partial charge in [0.05, 0.1) is 0 Å². The third-order valence-electron chi connectivity index (χ3n) is 2.50. The van der Waals surface area contributed by atoms with E-state index in [2.05, 4.69) is 10.6 Å². The molecule has 2 N–H and O–H groups in total. The molecule has 1 aliphatic rings. The third kappa shape index (κ3) is 6.15. The highest BCUT2D eigenvalue weighted by Crippen LogP contribution is 2.05. The van der Waals surface area contributed by atoms with Crippen LogP contribution in [0.3, 0.4) is 0 Å². The topological polar surface area (TPSA) is 103 Å². The van der Waals surface area contributed by atoms with Gasteiger partial charge >= 0.3 is 5.97 Å². The standard InChI is InChI=1S/C13H20N2O6/c1-3-4-14-12(17)9(2)15-11(16)8-21-13(18)10-7-19-5-6-20-10/h7,9H,3-6,8H2,1-2H3,(H,14,17)(H,15,16)/t9-/m1/s1. The maximum Gasteiger partial charge on any atom is 0.377 e. The number of rotatable bonds is 7. The van der Waals surface area contributed by atoms with E-state index in [1.807, 2.05) is 6.92 Å². The third-order valence-corrected chi connectivity index (χ3v) is 2.50. The molecule has 0 fully saturated rings. The first kappa shape index (κ1) is 16.8. The van der Waals surface area contributed by atoms with Crippen LogP contribution in [0.15, 0.2) is 12.0 Å². The van der Waals surface area contributed by atoms with Gasteiger partial charge in [-0.2, -0.15) is 0 Å². The highest BCUT2D eigenvalue weighted by Gasteiger charge is 2.19. The van der Waals surface area contributed by atoms with Crippen molar-refractivity contribution in [2.75, 3.05) is 26.4 Å². The summed E-state index contributed by atoms with van der Waals surface area (Å²) in [6, 6.07) is -0.698. The summed E-state index contributed by atoms with van der Waals surface area (Å²) in [4.78, 5) is 34.6. The Balaban J connectivity index is 2.28. The summed E-state index contributed by atoms with van der Waals surface area (Å²) in [6.07, 6.45) is 1.95. The van der Waals surface area contributed by atoms with Crippen LogP contribution in [0.25, 0.3) is 0 Å². The zero-order chi connectivity index (χ0) is 15.7. The number of esters is 1. The number of carbonyl (C=O) groups excluding carboxylic acids is 3. The molecule has 0 unspecified atom stereocenters. The van der Waals surface area contributed by atoms with Crippen LogP contribution in [-0.4, -0.2) is 50.2 Å². The summed E-state index contributed by atoms with van der Waals surface area (Å²) >= 11 is 0. The van der Waals surface area contributed by atoms with Gasteiger partial charge < -0.3 is 24.8 Å². The minimum Gasteiger partial charge on any atom is -0.493 e. The molecular weight excluding hydrogens is 280 g/mol. The van der Waals surface area contributed by atoms with Crippen molar-refractivity contribution in [1.29, 1.82) is 0 Å². The van der Waals surface area contributed by atoms with Crippen LogP contribution in [0.5, 0.6) is 0 Å². The number of carbonyl (C=O) groups is 3. The van der Waals surface area contributed by atoms with E-state index in [1.165, 1.54) is 0 Å². The SMILES string of the molecule is CCCNC(=O)[C@@H](C)NC(=O)COC(=O)C1=COCCO1. The van der Waals surface area contributed by atoms with Gasteiger partial charge in [-0.15, -0.1) is 0 Å². The molecule has 2 amide bonds. The lowest BCUT2D eigenvalue weighted by Gasteiger charge is -2.15. The van der Waals surface area contributed by atoms with Gasteiger partial charge in [-0.05, 0) is 13.3 Å². The number of amides is 2. The minimum absolute atomic E-state index is 0.0808. The van der Waals surface area contributed by atoms with E-state index < -0.39 is 24.5 Å². The fourth-order valence-electron chi connectivity index (χ4n) is 1.43. The van der Waals surface area contributed by atoms with Crippen LogP contribution in [0.2, 0.25) is 0 Å².